The minimum absolute atomic E-state index is 0.410. The SMILES string of the molecule is CCOc1cc(Sc2nnc(-c3ccncc3)n2C2CCCCC2)ncn1. The highest BCUT2D eigenvalue weighted by molar-refractivity contribution is 7.99. The van der Waals surface area contributed by atoms with E-state index < -0.39 is 0 Å². The molecule has 27 heavy (non-hydrogen) atoms. The van der Waals surface area contributed by atoms with Gasteiger partial charge in [-0.1, -0.05) is 19.3 Å². The standard InChI is InChI=1S/C19H22N6OS/c1-2-26-16-12-17(22-13-21-16)27-19-24-23-18(14-8-10-20-11-9-14)25(19)15-6-4-3-5-7-15/h8-13,15H,2-7H2,1H3. The van der Waals surface area contributed by atoms with Crippen LogP contribution in [0.5, 0.6) is 5.88 Å². The van der Waals surface area contributed by atoms with Crippen LogP contribution in [0.15, 0.2) is 47.1 Å². The van der Waals surface area contributed by atoms with Crippen molar-refractivity contribution in [3.05, 3.63) is 36.9 Å². The van der Waals surface area contributed by atoms with Gasteiger partial charge in [0.2, 0.25) is 5.88 Å². The number of pyridine rings is 1. The summed E-state index contributed by atoms with van der Waals surface area (Å²) in [6.45, 7) is 2.52. The molecule has 0 atom stereocenters. The molecule has 3 aromatic heterocycles. The Kier molecular flexibility index (Phi) is 5.62. The molecule has 1 aliphatic carbocycles. The highest BCUT2D eigenvalue weighted by atomic mass is 32.2. The molecule has 0 bridgehead atoms. The molecule has 4 rings (SSSR count). The zero-order valence-electron chi connectivity index (χ0n) is 15.3. The lowest BCUT2D eigenvalue weighted by molar-refractivity contribution is 0.324. The maximum absolute atomic E-state index is 5.49. The van der Waals surface area contributed by atoms with E-state index in [1.165, 1.54) is 37.4 Å². The van der Waals surface area contributed by atoms with Gasteiger partial charge in [-0.25, -0.2) is 9.97 Å². The lowest BCUT2D eigenvalue weighted by Gasteiger charge is -2.25. The van der Waals surface area contributed by atoms with Crippen molar-refractivity contribution in [3.63, 3.8) is 0 Å². The van der Waals surface area contributed by atoms with Gasteiger partial charge in [-0.05, 0) is 43.7 Å². The summed E-state index contributed by atoms with van der Waals surface area (Å²) in [4.78, 5) is 12.6. The van der Waals surface area contributed by atoms with E-state index in [0.717, 1.165) is 34.4 Å². The van der Waals surface area contributed by atoms with Crippen molar-refractivity contribution in [2.24, 2.45) is 0 Å². The largest absolute Gasteiger partial charge is 0.478 e. The Morgan fingerprint density at radius 2 is 1.93 bits per heavy atom. The first kappa shape index (κ1) is 17.9. The second-order valence-electron chi connectivity index (χ2n) is 6.43. The van der Waals surface area contributed by atoms with Crippen molar-refractivity contribution in [2.75, 3.05) is 6.61 Å². The molecule has 7 nitrogen and oxygen atoms in total. The summed E-state index contributed by atoms with van der Waals surface area (Å²) in [7, 11) is 0. The van der Waals surface area contributed by atoms with Crippen molar-refractivity contribution >= 4 is 11.8 Å². The Bertz CT molecular complexity index is 879. The molecule has 0 aliphatic heterocycles. The average Bonchev–Trinajstić information content (AvgIpc) is 3.13. The smallest absolute Gasteiger partial charge is 0.217 e. The third-order valence-electron chi connectivity index (χ3n) is 4.65. The van der Waals surface area contributed by atoms with Crippen molar-refractivity contribution < 1.29 is 4.74 Å². The maximum atomic E-state index is 5.49. The molecule has 0 saturated heterocycles. The summed E-state index contributed by atoms with van der Waals surface area (Å²) in [5, 5.41) is 10.7. The van der Waals surface area contributed by atoms with Gasteiger partial charge in [-0.2, -0.15) is 0 Å². The summed E-state index contributed by atoms with van der Waals surface area (Å²) in [5.41, 5.74) is 1.03. The lowest BCUT2D eigenvalue weighted by Crippen LogP contribution is -2.15. The molecule has 0 amide bonds. The van der Waals surface area contributed by atoms with E-state index in [-0.39, 0.29) is 0 Å². The Morgan fingerprint density at radius 1 is 1.11 bits per heavy atom. The van der Waals surface area contributed by atoms with Crippen LogP contribution in [-0.2, 0) is 0 Å². The molecule has 1 fully saturated rings. The Labute approximate surface area is 162 Å². The van der Waals surface area contributed by atoms with E-state index in [4.69, 9.17) is 4.74 Å². The van der Waals surface area contributed by atoms with Gasteiger partial charge in [0.25, 0.3) is 0 Å². The minimum atomic E-state index is 0.410. The van der Waals surface area contributed by atoms with Crippen LogP contribution in [0, 0.1) is 0 Å². The van der Waals surface area contributed by atoms with Gasteiger partial charge in [0, 0.05) is 30.1 Å². The average molecular weight is 382 g/mol. The van der Waals surface area contributed by atoms with E-state index in [1.807, 2.05) is 25.1 Å². The Hall–Kier alpha value is -2.48. The second-order valence-corrected chi connectivity index (χ2v) is 7.42. The van der Waals surface area contributed by atoms with Gasteiger partial charge < -0.3 is 4.74 Å². The number of hydrogen-bond acceptors (Lipinski definition) is 7. The van der Waals surface area contributed by atoms with Gasteiger partial charge in [0.05, 0.1) is 6.61 Å². The number of hydrogen-bond donors (Lipinski definition) is 0. The van der Waals surface area contributed by atoms with E-state index in [0.29, 0.717) is 18.5 Å². The second kappa shape index (κ2) is 8.47. The summed E-state index contributed by atoms with van der Waals surface area (Å²) < 4.78 is 7.77. The molecule has 1 aliphatic rings. The zero-order valence-corrected chi connectivity index (χ0v) is 16.1. The first-order chi connectivity index (χ1) is 13.3. The first-order valence-corrected chi connectivity index (χ1v) is 10.1. The van der Waals surface area contributed by atoms with Crippen molar-refractivity contribution in [1.29, 1.82) is 0 Å². The van der Waals surface area contributed by atoms with Crippen LogP contribution in [0.1, 0.15) is 45.1 Å². The maximum Gasteiger partial charge on any atom is 0.217 e. The molecule has 0 N–H and O–H groups in total. The molecule has 1 saturated carbocycles. The molecule has 0 spiro atoms. The summed E-state index contributed by atoms with van der Waals surface area (Å²) in [6.07, 6.45) is 11.2. The van der Waals surface area contributed by atoms with Crippen molar-refractivity contribution in [1.82, 2.24) is 29.7 Å². The van der Waals surface area contributed by atoms with Crippen LogP contribution in [0.25, 0.3) is 11.4 Å². The van der Waals surface area contributed by atoms with Crippen LogP contribution in [-0.4, -0.2) is 36.3 Å². The monoisotopic (exact) mass is 382 g/mol. The summed E-state index contributed by atoms with van der Waals surface area (Å²) in [6, 6.07) is 6.22. The Morgan fingerprint density at radius 3 is 2.70 bits per heavy atom. The van der Waals surface area contributed by atoms with Crippen LogP contribution in [0.4, 0.5) is 0 Å². The van der Waals surface area contributed by atoms with Crippen LogP contribution >= 0.6 is 11.8 Å². The van der Waals surface area contributed by atoms with Crippen LogP contribution in [0.2, 0.25) is 0 Å². The lowest BCUT2D eigenvalue weighted by atomic mass is 9.95. The predicted octanol–water partition coefficient (Wildman–Crippen LogP) is 4.19. The van der Waals surface area contributed by atoms with E-state index in [1.54, 1.807) is 12.4 Å². The number of nitrogens with zero attached hydrogens (tertiary/aromatic N) is 6. The summed E-state index contributed by atoms with van der Waals surface area (Å²) in [5.74, 6) is 1.47. The van der Waals surface area contributed by atoms with Crippen molar-refractivity contribution in [2.45, 2.75) is 55.3 Å². The minimum Gasteiger partial charge on any atom is -0.478 e. The molecule has 0 aromatic carbocycles. The zero-order chi connectivity index (χ0) is 18.5. The van der Waals surface area contributed by atoms with Gasteiger partial charge in [0.1, 0.15) is 11.4 Å². The van der Waals surface area contributed by atoms with Crippen molar-refractivity contribution in [3.8, 4) is 17.3 Å². The fourth-order valence-corrected chi connectivity index (χ4v) is 4.27. The third kappa shape index (κ3) is 4.10. The molecule has 0 radical (unpaired) electrons. The number of rotatable bonds is 6. The molecule has 0 unspecified atom stereocenters. The van der Waals surface area contributed by atoms with Gasteiger partial charge >= 0.3 is 0 Å². The quantitative estimate of drug-likeness (QED) is 0.592. The van der Waals surface area contributed by atoms with E-state index in [9.17, 15) is 0 Å². The van der Waals surface area contributed by atoms with Gasteiger partial charge in [-0.3, -0.25) is 9.55 Å². The number of aromatic nitrogens is 6. The molecule has 3 heterocycles. The molecular weight excluding hydrogens is 360 g/mol. The van der Waals surface area contributed by atoms with Gasteiger partial charge in [0.15, 0.2) is 11.0 Å². The fourth-order valence-electron chi connectivity index (χ4n) is 3.41. The summed E-state index contributed by atoms with van der Waals surface area (Å²) >= 11 is 1.51. The van der Waals surface area contributed by atoms with Gasteiger partial charge in [-0.15, -0.1) is 10.2 Å². The molecule has 140 valence electrons. The van der Waals surface area contributed by atoms with Crippen LogP contribution in [0.3, 0.4) is 0 Å². The van der Waals surface area contributed by atoms with E-state index in [2.05, 4.69) is 29.7 Å². The molecular formula is C19H22N6OS. The van der Waals surface area contributed by atoms with E-state index >= 15 is 0 Å². The highest BCUT2D eigenvalue weighted by Crippen LogP contribution is 2.37. The third-order valence-corrected chi connectivity index (χ3v) is 5.54. The molecule has 8 heteroatoms. The Balaban J connectivity index is 1.69. The van der Waals surface area contributed by atoms with Crippen LogP contribution < -0.4 is 4.74 Å². The molecule has 3 aromatic rings. The topological polar surface area (TPSA) is 78.6 Å². The fraction of sp³-hybridized carbons (Fsp3) is 0.421. The number of ether oxygens (including phenoxy) is 1. The predicted molar refractivity (Wildman–Crippen MR) is 103 cm³/mol. The first-order valence-electron chi connectivity index (χ1n) is 9.33. The highest BCUT2D eigenvalue weighted by Gasteiger charge is 2.24. The normalized spacial score (nSPS) is 15.0.